The van der Waals surface area contributed by atoms with Gasteiger partial charge in [-0.3, -0.25) is 0 Å². The highest BCUT2D eigenvalue weighted by Crippen LogP contribution is 2.40. The van der Waals surface area contributed by atoms with E-state index < -0.39 is 7.12 Å². The van der Waals surface area contributed by atoms with E-state index in [1.54, 1.807) is 0 Å². The molecule has 1 aliphatic rings. The number of fused-ring (bicyclic) bond motifs is 10. The van der Waals surface area contributed by atoms with E-state index in [9.17, 15) is 0 Å². The Balaban J connectivity index is 0.000000140. The molecule has 1 aliphatic heterocycles. The largest absolute Gasteiger partial charge is 0.569 e. The molecule has 9 rings (SSSR count). The summed E-state index contributed by atoms with van der Waals surface area (Å²) < 4.78 is 29.9. The van der Waals surface area contributed by atoms with Crippen LogP contribution in [0.4, 0.5) is 0 Å². The van der Waals surface area contributed by atoms with Crippen molar-refractivity contribution < 1.29 is 27.8 Å². The molecular formula is C38H31B2O6. The van der Waals surface area contributed by atoms with E-state index in [-0.39, 0.29) is 11.2 Å². The maximum absolute atomic E-state index is 8.92. The summed E-state index contributed by atoms with van der Waals surface area (Å²) in [6.07, 6.45) is 0. The smallest absolute Gasteiger partial charge is 0.537 e. The Morgan fingerprint density at radius 1 is 0.543 bits per heavy atom. The lowest BCUT2D eigenvalue weighted by Gasteiger charge is -2.32. The highest BCUT2D eigenvalue weighted by molar-refractivity contribution is 6.66. The first kappa shape index (κ1) is 28.7. The van der Waals surface area contributed by atoms with Gasteiger partial charge in [0, 0.05) is 16.2 Å². The van der Waals surface area contributed by atoms with Gasteiger partial charge in [0.25, 0.3) is 0 Å². The van der Waals surface area contributed by atoms with Crippen molar-refractivity contribution in [1.82, 2.24) is 0 Å². The minimum absolute atomic E-state index is 0.374. The first-order valence-electron chi connectivity index (χ1n) is 15.4. The van der Waals surface area contributed by atoms with Crippen LogP contribution in [0.25, 0.3) is 65.4 Å². The van der Waals surface area contributed by atoms with Gasteiger partial charge in [0.15, 0.2) is 0 Å². The van der Waals surface area contributed by atoms with Crippen molar-refractivity contribution in [3.63, 3.8) is 0 Å². The molecule has 0 saturated carbocycles. The highest BCUT2D eigenvalue weighted by atomic mass is 16.7. The van der Waals surface area contributed by atoms with E-state index in [0.717, 1.165) is 60.1 Å². The molecule has 2 aromatic heterocycles. The Morgan fingerprint density at radius 2 is 1.04 bits per heavy atom. The van der Waals surface area contributed by atoms with E-state index >= 15 is 0 Å². The van der Waals surface area contributed by atoms with Gasteiger partial charge in [0.05, 0.1) is 16.6 Å². The van der Waals surface area contributed by atoms with Crippen LogP contribution >= 0.6 is 0 Å². The Kier molecular flexibility index (Phi) is 6.66. The molecule has 0 aliphatic carbocycles. The lowest BCUT2D eigenvalue weighted by molar-refractivity contribution is 0.00578. The molecule has 225 valence electrons. The van der Waals surface area contributed by atoms with Gasteiger partial charge in [-0.2, -0.15) is 0 Å². The third-order valence-electron chi connectivity index (χ3n) is 9.45. The summed E-state index contributed by atoms with van der Waals surface area (Å²) in [5.74, 6) is 0.583. The van der Waals surface area contributed by atoms with Crippen molar-refractivity contribution in [2.45, 2.75) is 38.9 Å². The molecule has 0 unspecified atom stereocenters. The minimum atomic E-state index is -0.413. The average molecular weight is 605 g/mol. The van der Waals surface area contributed by atoms with Crippen LogP contribution in [-0.2, 0) is 9.31 Å². The van der Waals surface area contributed by atoms with Crippen LogP contribution in [0.3, 0.4) is 0 Å². The van der Waals surface area contributed by atoms with Gasteiger partial charge in [-0.25, -0.2) is 0 Å². The van der Waals surface area contributed by atoms with Crippen LogP contribution in [0.2, 0.25) is 0 Å². The van der Waals surface area contributed by atoms with Gasteiger partial charge in [-0.15, -0.1) is 0 Å². The second-order valence-electron chi connectivity index (χ2n) is 12.7. The summed E-state index contributed by atoms with van der Waals surface area (Å²) in [5.41, 5.74) is 3.59. The molecule has 8 heteroatoms. The van der Waals surface area contributed by atoms with Crippen LogP contribution < -0.4 is 10.1 Å². The summed E-state index contributed by atoms with van der Waals surface area (Å²) >= 11 is 0. The van der Waals surface area contributed by atoms with Gasteiger partial charge in [0.2, 0.25) is 0 Å². The maximum atomic E-state index is 8.92. The molecule has 6 nitrogen and oxygen atoms in total. The van der Waals surface area contributed by atoms with Gasteiger partial charge < -0.3 is 27.8 Å². The predicted octanol–water partition coefficient (Wildman–Crippen LogP) is 8.68. The van der Waals surface area contributed by atoms with Crippen molar-refractivity contribution >= 4 is 85.7 Å². The molecule has 0 atom stereocenters. The fraction of sp³-hybridized carbons (Fsp3) is 0.158. The molecule has 0 amide bonds. The second-order valence-corrected chi connectivity index (χ2v) is 12.7. The first-order valence-corrected chi connectivity index (χ1v) is 15.4. The van der Waals surface area contributed by atoms with E-state index in [0.29, 0.717) is 13.4 Å². The molecule has 1 saturated heterocycles. The highest BCUT2D eigenvalue weighted by Gasteiger charge is 2.52. The summed E-state index contributed by atoms with van der Waals surface area (Å²) in [6.45, 7) is 8.32. The minimum Gasteiger partial charge on any atom is -0.537 e. The van der Waals surface area contributed by atoms with Crippen molar-refractivity contribution in [2.24, 2.45) is 0 Å². The van der Waals surface area contributed by atoms with Gasteiger partial charge in [-0.1, -0.05) is 78.9 Å². The van der Waals surface area contributed by atoms with Gasteiger partial charge in [0.1, 0.15) is 28.1 Å². The average Bonchev–Trinajstić information content (AvgIpc) is 3.70. The summed E-state index contributed by atoms with van der Waals surface area (Å²) in [4.78, 5) is 0. The standard InChI is InChI=1S/C22H21BO3.C16H10BO3/c1-21(2)22(3,4)26-23(25-21)16-10-7-11-17-20(16)19-15-9-6-5-8-14(15)12-13-18(19)24-17;18-17-20-14-7-3-6-12-16(14)15-11-5-2-1-4-10(11)8-9-13(15)19-12/h5-13H,1-4H3;1-9,18H. The number of furan rings is 2. The zero-order chi connectivity index (χ0) is 31.6. The SMILES string of the molecule is CC1(C)OB(c2cccc3oc4ccc5ccccc5c4c23)OC1(C)C.O[B]Oc1cccc2oc3ccc4ccccc4c3c12. The molecule has 6 aromatic carbocycles. The van der Waals surface area contributed by atoms with Gasteiger partial charge >= 0.3 is 14.8 Å². The van der Waals surface area contributed by atoms with E-state index in [4.69, 9.17) is 27.8 Å². The predicted molar refractivity (Wildman–Crippen MR) is 187 cm³/mol. The molecule has 46 heavy (non-hydrogen) atoms. The lowest BCUT2D eigenvalue weighted by atomic mass is 9.76. The van der Waals surface area contributed by atoms with E-state index in [2.05, 4.69) is 76.2 Å². The number of benzene rings is 6. The van der Waals surface area contributed by atoms with Crippen LogP contribution in [-0.4, -0.2) is 31.0 Å². The monoisotopic (exact) mass is 605 g/mol. The van der Waals surface area contributed by atoms with E-state index in [1.165, 1.54) is 10.8 Å². The molecule has 1 fully saturated rings. The molecule has 1 radical (unpaired) electrons. The Hall–Kier alpha value is -4.75. The maximum Gasteiger partial charge on any atom is 0.569 e. The molecule has 1 N–H and O–H groups in total. The number of rotatable bonds is 3. The zero-order valence-electron chi connectivity index (χ0n) is 26.0. The number of hydrogen-bond donors (Lipinski definition) is 1. The van der Waals surface area contributed by atoms with E-state index in [1.807, 2.05) is 60.7 Å². The van der Waals surface area contributed by atoms with Crippen molar-refractivity contribution in [3.8, 4) is 5.75 Å². The molecular weight excluding hydrogens is 574 g/mol. The summed E-state index contributed by atoms with van der Waals surface area (Å²) in [7, 11) is 0.280. The van der Waals surface area contributed by atoms with Crippen molar-refractivity contribution in [3.05, 3.63) is 109 Å². The molecule has 8 aromatic rings. The fourth-order valence-corrected chi connectivity index (χ4v) is 6.49. The third-order valence-corrected chi connectivity index (χ3v) is 9.45. The van der Waals surface area contributed by atoms with Crippen LogP contribution in [0.5, 0.6) is 5.75 Å². The summed E-state index contributed by atoms with van der Waals surface area (Å²) in [6, 6.07) is 36.4. The van der Waals surface area contributed by atoms with Crippen LogP contribution in [0.1, 0.15) is 27.7 Å². The molecule has 0 bridgehead atoms. The Labute approximate surface area is 266 Å². The third kappa shape index (κ3) is 4.48. The Bertz CT molecular complexity index is 2410. The lowest BCUT2D eigenvalue weighted by Crippen LogP contribution is -2.41. The number of hydrogen-bond acceptors (Lipinski definition) is 6. The van der Waals surface area contributed by atoms with Gasteiger partial charge in [-0.05, 0) is 85.0 Å². The Morgan fingerprint density at radius 3 is 1.63 bits per heavy atom. The topological polar surface area (TPSA) is 74.2 Å². The zero-order valence-corrected chi connectivity index (χ0v) is 26.0. The molecule has 3 heterocycles. The van der Waals surface area contributed by atoms with Crippen LogP contribution in [0.15, 0.2) is 118 Å². The quantitative estimate of drug-likeness (QED) is 0.203. The normalized spacial score (nSPS) is 15.6. The molecule has 0 spiro atoms. The van der Waals surface area contributed by atoms with Crippen LogP contribution in [0, 0.1) is 0 Å². The summed E-state index contributed by atoms with van der Waals surface area (Å²) in [5, 5.41) is 17.7. The van der Waals surface area contributed by atoms with Crippen molar-refractivity contribution in [1.29, 1.82) is 0 Å². The second kappa shape index (κ2) is 10.7. The van der Waals surface area contributed by atoms with Crippen molar-refractivity contribution in [2.75, 3.05) is 0 Å². The first-order chi connectivity index (χ1) is 22.3. The fourth-order valence-electron chi connectivity index (χ4n) is 6.49.